The number of carbonyl (C=O) groups excluding carboxylic acids is 1. The number of hydrogen-bond donors (Lipinski definition) is 1. The molecule has 6 nitrogen and oxygen atoms in total. The van der Waals surface area contributed by atoms with E-state index in [9.17, 15) is 4.79 Å². The lowest BCUT2D eigenvalue weighted by Gasteiger charge is -2.32. The zero-order valence-corrected chi connectivity index (χ0v) is 14.8. The fourth-order valence-electron chi connectivity index (χ4n) is 3.84. The molecule has 1 amide bonds. The summed E-state index contributed by atoms with van der Waals surface area (Å²) >= 11 is 0. The number of benzene rings is 1. The largest absolute Gasteiger partial charge is 0.497 e. The van der Waals surface area contributed by atoms with Gasteiger partial charge in [0.1, 0.15) is 5.75 Å². The van der Waals surface area contributed by atoms with Crippen LogP contribution in [0.4, 0.5) is 5.69 Å². The number of likely N-dealkylation sites (tertiary alicyclic amines) is 1. The first-order valence-electron chi connectivity index (χ1n) is 8.93. The number of pyridine rings is 1. The quantitative estimate of drug-likeness (QED) is 0.894. The Morgan fingerprint density at radius 3 is 3.08 bits per heavy atom. The highest BCUT2D eigenvalue weighted by molar-refractivity contribution is 5.93. The van der Waals surface area contributed by atoms with Gasteiger partial charge < -0.3 is 14.8 Å². The van der Waals surface area contributed by atoms with E-state index in [1.807, 2.05) is 24.3 Å². The molecule has 3 heterocycles. The fraction of sp³-hybridized carbons (Fsp3) is 0.400. The molecule has 0 saturated carbocycles. The Labute approximate surface area is 153 Å². The van der Waals surface area contributed by atoms with Gasteiger partial charge in [0.25, 0.3) is 0 Å². The van der Waals surface area contributed by atoms with E-state index >= 15 is 0 Å². The average Bonchev–Trinajstić information content (AvgIpc) is 2.97. The third-order valence-electron chi connectivity index (χ3n) is 5.04. The van der Waals surface area contributed by atoms with Crippen molar-refractivity contribution >= 4 is 11.6 Å². The molecule has 2 aromatic rings. The number of anilines is 1. The number of rotatable bonds is 5. The molecule has 26 heavy (non-hydrogen) atoms. The second kappa shape index (κ2) is 7.43. The number of fused-ring (bicyclic) bond motifs is 2. The minimum Gasteiger partial charge on any atom is -0.497 e. The minimum absolute atomic E-state index is 0.0220. The number of hydrogen-bond acceptors (Lipinski definition) is 5. The Hall–Kier alpha value is -2.44. The van der Waals surface area contributed by atoms with Gasteiger partial charge in [0.15, 0.2) is 0 Å². The lowest BCUT2D eigenvalue weighted by atomic mass is 9.99. The predicted octanol–water partition coefficient (Wildman–Crippen LogP) is 2.32. The SMILES string of the molecule is COc1cccc(CN2CC3CC(C(=O)Nc4cccnc4)C(C2)O3)c1. The van der Waals surface area contributed by atoms with Crippen molar-refractivity contribution in [3.63, 3.8) is 0 Å². The van der Waals surface area contributed by atoms with Crippen molar-refractivity contribution < 1.29 is 14.3 Å². The Morgan fingerprint density at radius 2 is 2.27 bits per heavy atom. The zero-order valence-electron chi connectivity index (χ0n) is 14.8. The molecular weight excluding hydrogens is 330 g/mol. The van der Waals surface area contributed by atoms with Crippen LogP contribution in [0.25, 0.3) is 0 Å². The van der Waals surface area contributed by atoms with Crippen LogP contribution in [0.3, 0.4) is 0 Å². The molecule has 0 aliphatic carbocycles. The van der Waals surface area contributed by atoms with Gasteiger partial charge in [-0.25, -0.2) is 0 Å². The monoisotopic (exact) mass is 353 g/mol. The summed E-state index contributed by atoms with van der Waals surface area (Å²) in [6.07, 6.45) is 4.18. The molecule has 1 aromatic heterocycles. The maximum absolute atomic E-state index is 12.7. The van der Waals surface area contributed by atoms with E-state index in [-0.39, 0.29) is 24.0 Å². The molecule has 2 aliphatic heterocycles. The van der Waals surface area contributed by atoms with E-state index in [1.54, 1.807) is 19.5 Å². The Balaban J connectivity index is 1.39. The molecule has 2 bridgehead atoms. The van der Waals surface area contributed by atoms with Crippen molar-refractivity contribution in [2.24, 2.45) is 5.92 Å². The number of morpholine rings is 1. The second-order valence-electron chi connectivity index (χ2n) is 6.92. The van der Waals surface area contributed by atoms with Gasteiger partial charge in [-0.3, -0.25) is 14.7 Å². The summed E-state index contributed by atoms with van der Waals surface area (Å²) in [7, 11) is 1.68. The standard InChI is InChI=1S/C20H23N3O3/c1-25-16-6-2-4-14(8-16)11-23-12-17-9-18(19(13-23)26-17)20(24)22-15-5-3-7-21-10-15/h2-8,10,17-19H,9,11-13H2,1H3,(H,22,24). The van der Waals surface area contributed by atoms with Crippen molar-refractivity contribution in [2.45, 2.75) is 25.2 Å². The van der Waals surface area contributed by atoms with E-state index in [4.69, 9.17) is 9.47 Å². The minimum atomic E-state index is -0.115. The van der Waals surface area contributed by atoms with Crippen molar-refractivity contribution in [1.29, 1.82) is 0 Å². The van der Waals surface area contributed by atoms with Gasteiger partial charge in [0.2, 0.25) is 5.91 Å². The topological polar surface area (TPSA) is 63.7 Å². The highest BCUT2D eigenvalue weighted by Gasteiger charge is 2.44. The average molecular weight is 353 g/mol. The van der Waals surface area contributed by atoms with Crippen LogP contribution in [0, 0.1) is 5.92 Å². The molecule has 136 valence electrons. The van der Waals surface area contributed by atoms with E-state index in [0.717, 1.165) is 37.5 Å². The Bertz CT molecular complexity index is 768. The first kappa shape index (κ1) is 17.0. The molecular formula is C20H23N3O3. The number of carbonyl (C=O) groups is 1. The molecule has 0 spiro atoms. The number of nitrogens with zero attached hydrogens (tertiary/aromatic N) is 2. The number of aromatic nitrogens is 1. The van der Waals surface area contributed by atoms with E-state index in [1.165, 1.54) is 5.56 Å². The lowest BCUT2D eigenvalue weighted by Crippen LogP contribution is -2.44. The van der Waals surface area contributed by atoms with Gasteiger partial charge in [-0.05, 0) is 36.2 Å². The van der Waals surface area contributed by atoms with Crippen LogP contribution in [0.15, 0.2) is 48.8 Å². The molecule has 3 atom stereocenters. The summed E-state index contributed by atoms with van der Waals surface area (Å²) in [5.41, 5.74) is 1.94. The first-order chi connectivity index (χ1) is 12.7. The Kier molecular flexibility index (Phi) is 4.86. The van der Waals surface area contributed by atoms with E-state index in [2.05, 4.69) is 27.3 Å². The first-order valence-corrected chi connectivity index (χ1v) is 8.93. The van der Waals surface area contributed by atoms with Crippen LogP contribution in [0.2, 0.25) is 0 Å². The van der Waals surface area contributed by atoms with Gasteiger partial charge in [-0.1, -0.05) is 12.1 Å². The molecule has 3 unspecified atom stereocenters. The molecule has 4 rings (SSSR count). The number of amides is 1. The van der Waals surface area contributed by atoms with Crippen LogP contribution in [-0.4, -0.2) is 48.2 Å². The van der Waals surface area contributed by atoms with Crippen molar-refractivity contribution in [2.75, 3.05) is 25.5 Å². The fourth-order valence-corrected chi connectivity index (χ4v) is 3.84. The third-order valence-corrected chi connectivity index (χ3v) is 5.04. The summed E-state index contributed by atoms with van der Waals surface area (Å²) in [5, 5.41) is 2.96. The number of ether oxygens (including phenoxy) is 2. The summed E-state index contributed by atoms with van der Waals surface area (Å²) in [6, 6.07) is 11.8. The van der Waals surface area contributed by atoms with Gasteiger partial charge in [-0.15, -0.1) is 0 Å². The zero-order chi connectivity index (χ0) is 17.9. The summed E-state index contributed by atoms with van der Waals surface area (Å²) in [4.78, 5) is 19.1. The summed E-state index contributed by atoms with van der Waals surface area (Å²) in [5.74, 6) is 0.775. The molecule has 1 N–H and O–H groups in total. The van der Waals surface area contributed by atoms with Crippen LogP contribution in [0.5, 0.6) is 5.75 Å². The molecule has 2 saturated heterocycles. The number of nitrogens with one attached hydrogen (secondary N) is 1. The second-order valence-corrected chi connectivity index (χ2v) is 6.92. The maximum Gasteiger partial charge on any atom is 0.230 e. The highest BCUT2D eigenvalue weighted by atomic mass is 16.5. The van der Waals surface area contributed by atoms with Crippen LogP contribution in [0.1, 0.15) is 12.0 Å². The number of methoxy groups -OCH3 is 1. The smallest absolute Gasteiger partial charge is 0.230 e. The van der Waals surface area contributed by atoms with E-state index in [0.29, 0.717) is 0 Å². The van der Waals surface area contributed by atoms with Crippen molar-refractivity contribution in [3.05, 3.63) is 54.4 Å². The van der Waals surface area contributed by atoms with Crippen LogP contribution >= 0.6 is 0 Å². The van der Waals surface area contributed by atoms with Crippen LogP contribution in [-0.2, 0) is 16.1 Å². The molecule has 0 radical (unpaired) electrons. The normalized spacial score (nSPS) is 25.0. The Morgan fingerprint density at radius 1 is 1.35 bits per heavy atom. The summed E-state index contributed by atoms with van der Waals surface area (Å²) < 4.78 is 11.3. The van der Waals surface area contributed by atoms with E-state index < -0.39 is 0 Å². The van der Waals surface area contributed by atoms with Gasteiger partial charge in [0.05, 0.1) is 37.1 Å². The van der Waals surface area contributed by atoms with Crippen molar-refractivity contribution in [3.8, 4) is 5.75 Å². The molecule has 2 aliphatic rings. The third kappa shape index (κ3) is 3.71. The molecule has 2 fully saturated rings. The lowest BCUT2D eigenvalue weighted by molar-refractivity contribution is -0.123. The van der Waals surface area contributed by atoms with Gasteiger partial charge in [0, 0.05) is 25.8 Å². The van der Waals surface area contributed by atoms with Gasteiger partial charge >= 0.3 is 0 Å². The van der Waals surface area contributed by atoms with Crippen molar-refractivity contribution in [1.82, 2.24) is 9.88 Å². The highest BCUT2D eigenvalue weighted by Crippen LogP contribution is 2.33. The van der Waals surface area contributed by atoms with Crippen LogP contribution < -0.4 is 10.1 Å². The summed E-state index contributed by atoms with van der Waals surface area (Å²) in [6.45, 7) is 2.45. The maximum atomic E-state index is 12.7. The predicted molar refractivity (Wildman–Crippen MR) is 97.9 cm³/mol. The van der Waals surface area contributed by atoms with Gasteiger partial charge in [-0.2, -0.15) is 0 Å². The molecule has 6 heteroatoms. The molecule has 1 aromatic carbocycles.